The zero-order chi connectivity index (χ0) is 26.6. The Morgan fingerprint density at radius 2 is 1.49 bits per heavy atom. The molecule has 192 valence electrons. The van der Waals surface area contributed by atoms with Crippen LogP contribution in [0.2, 0.25) is 0 Å². The molecule has 4 N–H and O–H groups in total. The van der Waals surface area contributed by atoms with Crippen molar-refractivity contribution >= 4 is 12.1 Å². The topological polar surface area (TPSA) is 113 Å². The van der Waals surface area contributed by atoms with Gasteiger partial charge in [-0.25, -0.2) is 18.4 Å². The first-order chi connectivity index (χ1) is 16.1. The highest BCUT2D eigenvalue weighted by molar-refractivity contribution is 5.82. The summed E-state index contributed by atoms with van der Waals surface area (Å²) in [5, 5.41) is 19.2. The number of nitrogens with two attached hydrogens (primary N) is 1. The van der Waals surface area contributed by atoms with Crippen molar-refractivity contribution in [3.05, 3.63) is 71.8 Å². The summed E-state index contributed by atoms with van der Waals surface area (Å²) in [7, 11) is 0. The van der Waals surface area contributed by atoms with Crippen LogP contribution in [0.25, 0.3) is 0 Å². The van der Waals surface area contributed by atoms with Crippen molar-refractivity contribution in [3.8, 4) is 0 Å². The second-order valence-corrected chi connectivity index (χ2v) is 10.1. The number of halogens is 2. The Hall–Kier alpha value is -3.04. The summed E-state index contributed by atoms with van der Waals surface area (Å²) in [5.41, 5.74) is 5.09. The van der Waals surface area contributed by atoms with Crippen LogP contribution >= 0.6 is 0 Å². The first kappa shape index (κ1) is 28.2. The molecule has 3 rings (SSSR count). The average Bonchev–Trinajstić information content (AvgIpc) is 2.97. The molecular formula is C26H34F2N2O5. The van der Waals surface area contributed by atoms with E-state index in [1.54, 1.807) is 20.8 Å². The average molecular weight is 493 g/mol. The molecule has 0 saturated carbocycles. The Balaban J connectivity index is 0.000000250. The lowest BCUT2D eigenvalue weighted by atomic mass is 9.82. The van der Waals surface area contributed by atoms with Gasteiger partial charge in [0.25, 0.3) is 5.92 Å². The standard InChI is InChI=1S/C14H15NO.C12H19F2NO4/c15-13(11-7-3-1-4-8-11)14(16)12-9-5-2-6-10-12;1-10(2,3)19-9(18)15-6-12(13,14)11(4,5)7(15)8(16)17/h1-10,13-14,16H,15H2;7H,6H2,1-5H3,(H,16,17)/t13-,14+;7-/m01/s1. The minimum atomic E-state index is -3.28. The van der Waals surface area contributed by atoms with Gasteiger partial charge < -0.3 is 20.7 Å². The maximum absolute atomic E-state index is 13.9. The molecule has 1 aliphatic heterocycles. The van der Waals surface area contributed by atoms with Gasteiger partial charge >= 0.3 is 12.1 Å². The monoisotopic (exact) mass is 492 g/mol. The first-order valence-corrected chi connectivity index (χ1v) is 11.2. The van der Waals surface area contributed by atoms with Crippen LogP contribution in [0.4, 0.5) is 13.6 Å². The van der Waals surface area contributed by atoms with Crippen LogP contribution in [0.15, 0.2) is 60.7 Å². The molecule has 3 atom stereocenters. The fourth-order valence-corrected chi connectivity index (χ4v) is 3.75. The second kappa shape index (κ2) is 10.7. The van der Waals surface area contributed by atoms with Gasteiger partial charge in [0.15, 0.2) is 0 Å². The molecule has 0 aliphatic carbocycles. The van der Waals surface area contributed by atoms with Crippen molar-refractivity contribution in [2.45, 2.75) is 64.3 Å². The van der Waals surface area contributed by atoms with E-state index in [9.17, 15) is 23.5 Å². The summed E-state index contributed by atoms with van der Waals surface area (Å²) >= 11 is 0. The van der Waals surface area contributed by atoms with Gasteiger partial charge in [-0.2, -0.15) is 0 Å². The number of carbonyl (C=O) groups excluding carboxylic acids is 1. The predicted molar refractivity (Wildman–Crippen MR) is 128 cm³/mol. The summed E-state index contributed by atoms with van der Waals surface area (Å²) < 4.78 is 32.7. The number of benzene rings is 2. The van der Waals surface area contributed by atoms with Gasteiger partial charge in [0, 0.05) is 0 Å². The van der Waals surface area contributed by atoms with Crippen LogP contribution in [0.3, 0.4) is 0 Å². The van der Waals surface area contributed by atoms with Gasteiger partial charge in [-0.1, -0.05) is 74.5 Å². The number of alkyl halides is 2. The summed E-state index contributed by atoms with van der Waals surface area (Å²) in [5.74, 6) is -4.75. The fraction of sp³-hybridized carbons (Fsp3) is 0.462. The van der Waals surface area contributed by atoms with Gasteiger partial charge in [-0.05, 0) is 31.9 Å². The normalized spacial score (nSPS) is 20.3. The molecule has 2 aromatic carbocycles. The molecule has 0 unspecified atom stereocenters. The smallest absolute Gasteiger partial charge is 0.411 e. The number of rotatable bonds is 4. The molecule has 0 bridgehead atoms. The predicted octanol–water partition coefficient (Wildman–Crippen LogP) is 4.77. The van der Waals surface area contributed by atoms with E-state index in [-0.39, 0.29) is 6.04 Å². The van der Waals surface area contributed by atoms with E-state index >= 15 is 0 Å². The molecule has 35 heavy (non-hydrogen) atoms. The van der Waals surface area contributed by atoms with Gasteiger partial charge in [-0.15, -0.1) is 0 Å². The van der Waals surface area contributed by atoms with Gasteiger partial charge in [0.2, 0.25) is 0 Å². The number of aliphatic hydroxyl groups is 1. The van der Waals surface area contributed by atoms with Crippen molar-refractivity contribution < 1.29 is 33.3 Å². The molecule has 1 saturated heterocycles. The lowest BCUT2D eigenvalue weighted by molar-refractivity contribution is -0.149. The summed E-state index contributed by atoms with van der Waals surface area (Å²) in [6.45, 7) is 6.07. The van der Waals surface area contributed by atoms with Crippen molar-refractivity contribution in [2.75, 3.05) is 6.54 Å². The van der Waals surface area contributed by atoms with E-state index in [0.29, 0.717) is 4.90 Å². The number of aliphatic hydroxyl groups excluding tert-OH is 1. The zero-order valence-corrected chi connectivity index (χ0v) is 20.6. The van der Waals surface area contributed by atoms with Crippen molar-refractivity contribution in [1.29, 1.82) is 0 Å². The van der Waals surface area contributed by atoms with Crippen molar-refractivity contribution in [2.24, 2.45) is 11.1 Å². The summed E-state index contributed by atoms with van der Waals surface area (Å²) in [6, 6.07) is 17.1. The number of nitrogens with zero attached hydrogens (tertiary/aromatic N) is 1. The Bertz CT molecular complexity index is 950. The number of aliphatic carboxylic acids is 1. The number of amides is 1. The van der Waals surface area contributed by atoms with E-state index in [1.807, 2.05) is 60.7 Å². The third-order valence-corrected chi connectivity index (χ3v) is 5.83. The Morgan fingerprint density at radius 1 is 1.03 bits per heavy atom. The number of ether oxygens (including phenoxy) is 1. The van der Waals surface area contributed by atoms with Crippen molar-refractivity contribution in [1.82, 2.24) is 4.90 Å². The fourth-order valence-electron chi connectivity index (χ4n) is 3.75. The van der Waals surface area contributed by atoms with Crippen LogP contribution in [0.1, 0.15) is 57.9 Å². The molecule has 1 amide bonds. The Kier molecular flexibility index (Phi) is 8.62. The molecule has 7 nitrogen and oxygen atoms in total. The summed E-state index contributed by atoms with van der Waals surface area (Å²) in [4.78, 5) is 23.7. The molecule has 0 spiro atoms. The molecule has 1 aliphatic rings. The van der Waals surface area contributed by atoms with Crippen LogP contribution in [-0.2, 0) is 9.53 Å². The minimum absolute atomic E-state index is 0.386. The Morgan fingerprint density at radius 3 is 1.91 bits per heavy atom. The number of carbonyl (C=O) groups is 2. The number of hydrogen-bond acceptors (Lipinski definition) is 5. The van der Waals surface area contributed by atoms with E-state index < -0.39 is 47.7 Å². The first-order valence-electron chi connectivity index (χ1n) is 11.2. The molecular weight excluding hydrogens is 458 g/mol. The number of hydrogen-bond donors (Lipinski definition) is 3. The maximum Gasteiger partial charge on any atom is 0.411 e. The van der Waals surface area contributed by atoms with Gasteiger partial charge in [0.1, 0.15) is 11.6 Å². The van der Waals surface area contributed by atoms with Crippen LogP contribution in [0.5, 0.6) is 0 Å². The molecule has 1 heterocycles. The lowest BCUT2D eigenvalue weighted by Crippen LogP contribution is -2.48. The highest BCUT2D eigenvalue weighted by Crippen LogP contribution is 2.48. The second-order valence-electron chi connectivity index (χ2n) is 10.1. The Labute approximate surface area is 204 Å². The number of carboxylic acids is 1. The molecule has 0 radical (unpaired) electrons. The van der Waals surface area contributed by atoms with Gasteiger partial charge in [-0.3, -0.25) is 4.90 Å². The molecule has 0 aromatic heterocycles. The van der Waals surface area contributed by atoms with Crippen LogP contribution in [0, 0.1) is 5.41 Å². The number of likely N-dealkylation sites (tertiary alicyclic amines) is 1. The minimum Gasteiger partial charge on any atom is -0.480 e. The third kappa shape index (κ3) is 6.76. The summed E-state index contributed by atoms with van der Waals surface area (Å²) in [6.07, 6.45) is -1.70. The van der Waals surface area contributed by atoms with Crippen LogP contribution in [-0.4, -0.2) is 51.3 Å². The maximum atomic E-state index is 13.9. The van der Waals surface area contributed by atoms with Gasteiger partial charge in [0.05, 0.1) is 24.1 Å². The molecule has 2 aromatic rings. The highest BCUT2D eigenvalue weighted by Gasteiger charge is 2.65. The van der Waals surface area contributed by atoms with Crippen molar-refractivity contribution in [3.63, 3.8) is 0 Å². The van der Waals surface area contributed by atoms with E-state index in [1.165, 1.54) is 0 Å². The number of carboxylic acid groups (broad SMARTS) is 1. The lowest BCUT2D eigenvalue weighted by Gasteiger charge is -2.31. The SMILES string of the molecule is CC(C)(C)OC(=O)N1CC(F)(F)C(C)(C)[C@H]1C(=O)O.N[C@@H](c1ccccc1)[C@H](O)c1ccccc1. The van der Waals surface area contributed by atoms with E-state index in [2.05, 4.69) is 0 Å². The third-order valence-electron chi connectivity index (χ3n) is 5.83. The van der Waals surface area contributed by atoms with Crippen LogP contribution < -0.4 is 5.73 Å². The largest absolute Gasteiger partial charge is 0.480 e. The molecule has 9 heteroatoms. The molecule has 1 fully saturated rings. The highest BCUT2D eigenvalue weighted by atomic mass is 19.3. The van der Waals surface area contributed by atoms with E-state index in [4.69, 9.17) is 15.6 Å². The quantitative estimate of drug-likeness (QED) is 0.567. The van der Waals surface area contributed by atoms with E-state index in [0.717, 1.165) is 25.0 Å². The zero-order valence-electron chi connectivity index (χ0n) is 20.6.